The Bertz CT molecular complexity index is 1150. The number of anilines is 1. The Kier molecular flexibility index (Phi) is 5.80. The Labute approximate surface area is 194 Å². The third kappa shape index (κ3) is 5.10. The van der Waals surface area contributed by atoms with Crippen LogP contribution in [0.3, 0.4) is 0 Å². The fourth-order valence-electron chi connectivity index (χ4n) is 3.77. The predicted molar refractivity (Wildman–Crippen MR) is 127 cm³/mol. The standard InChI is InChI=1S/C25H32FN5O2/c1-24(2,3)20-16-22(29-11-13-30(14-12-29)23(32)33-25(4,5)6)31-21(27-20)15-19(28-31)17-7-9-18(26)10-8-17/h7-10,15-16H,11-14H2,1-6H3. The molecule has 0 bridgehead atoms. The normalized spacial score (nSPS) is 15.2. The van der Waals surface area contributed by atoms with Crippen molar-refractivity contribution in [3.05, 3.63) is 47.9 Å². The van der Waals surface area contributed by atoms with E-state index in [2.05, 4.69) is 31.7 Å². The summed E-state index contributed by atoms with van der Waals surface area (Å²) in [5, 5.41) is 4.80. The number of aromatic nitrogens is 3. The van der Waals surface area contributed by atoms with Crippen molar-refractivity contribution in [3.63, 3.8) is 0 Å². The second kappa shape index (κ2) is 8.32. The van der Waals surface area contributed by atoms with Crippen molar-refractivity contribution in [2.75, 3.05) is 31.1 Å². The SMILES string of the molecule is CC(C)(C)OC(=O)N1CCN(c2cc(C(C)(C)C)nc3cc(-c4ccc(F)cc4)nn23)CC1. The second-order valence-corrected chi connectivity index (χ2v) is 10.5. The number of piperazine rings is 1. The van der Waals surface area contributed by atoms with Crippen molar-refractivity contribution in [1.82, 2.24) is 19.5 Å². The number of halogens is 1. The summed E-state index contributed by atoms with van der Waals surface area (Å²) in [7, 11) is 0. The van der Waals surface area contributed by atoms with Crippen LogP contribution in [-0.4, -0.2) is 57.4 Å². The highest BCUT2D eigenvalue weighted by molar-refractivity contribution is 5.69. The van der Waals surface area contributed by atoms with E-state index in [1.165, 1.54) is 12.1 Å². The van der Waals surface area contributed by atoms with Gasteiger partial charge in [0.1, 0.15) is 17.2 Å². The monoisotopic (exact) mass is 453 g/mol. The van der Waals surface area contributed by atoms with Crippen molar-refractivity contribution in [2.24, 2.45) is 0 Å². The van der Waals surface area contributed by atoms with Gasteiger partial charge in [-0.1, -0.05) is 20.8 Å². The zero-order valence-electron chi connectivity index (χ0n) is 20.2. The minimum absolute atomic E-state index is 0.144. The molecular weight excluding hydrogens is 421 g/mol. The molecule has 33 heavy (non-hydrogen) atoms. The van der Waals surface area contributed by atoms with Crippen molar-refractivity contribution in [2.45, 2.75) is 52.6 Å². The summed E-state index contributed by atoms with van der Waals surface area (Å²) in [6.45, 7) is 14.5. The number of hydrogen-bond donors (Lipinski definition) is 0. The molecule has 0 N–H and O–H groups in total. The lowest BCUT2D eigenvalue weighted by Crippen LogP contribution is -2.50. The average Bonchev–Trinajstić information content (AvgIpc) is 3.16. The van der Waals surface area contributed by atoms with Crippen LogP contribution in [0.4, 0.5) is 15.0 Å². The van der Waals surface area contributed by atoms with E-state index in [0.29, 0.717) is 26.2 Å². The third-order valence-corrected chi connectivity index (χ3v) is 5.57. The van der Waals surface area contributed by atoms with Gasteiger partial charge in [0.25, 0.3) is 0 Å². The minimum atomic E-state index is -0.515. The minimum Gasteiger partial charge on any atom is -0.444 e. The Morgan fingerprint density at radius 2 is 1.61 bits per heavy atom. The van der Waals surface area contributed by atoms with Crippen LogP contribution in [0.15, 0.2) is 36.4 Å². The summed E-state index contributed by atoms with van der Waals surface area (Å²) in [6, 6.07) is 10.3. The highest BCUT2D eigenvalue weighted by Crippen LogP contribution is 2.29. The van der Waals surface area contributed by atoms with E-state index in [9.17, 15) is 9.18 Å². The summed E-state index contributed by atoms with van der Waals surface area (Å²) < 4.78 is 20.8. The molecule has 0 atom stereocenters. The number of benzene rings is 1. The molecule has 0 aliphatic carbocycles. The van der Waals surface area contributed by atoms with E-state index in [4.69, 9.17) is 14.8 Å². The Hall–Kier alpha value is -3.16. The molecule has 3 heterocycles. The highest BCUT2D eigenvalue weighted by Gasteiger charge is 2.28. The lowest BCUT2D eigenvalue weighted by atomic mass is 9.92. The number of carbonyl (C=O) groups is 1. The van der Waals surface area contributed by atoms with Crippen molar-refractivity contribution in [1.29, 1.82) is 0 Å². The van der Waals surface area contributed by atoms with Crippen LogP contribution in [0.1, 0.15) is 47.2 Å². The smallest absolute Gasteiger partial charge is 0.410 e. The molecule has 1 aromatic carbocycles. The average molecular weight is 454 g/mol. The second-order valence-electron chi connectivity index (χ2n) is 10.5. The van der Waals surface area contributed by atoms with Gasteiger partial charge in [-0.2, -0.15) is 9.61 Å². The van der Waals surface area contributed by atoms with Gasteiger partial charge in [-0.25, -0.2) is 14.2 Å². The van der Waals surface area contributed by atoms with Crippen molar-refractivity contribution >= 4 is 17.6 Å². The molecule has 0 saturated carbocycles. The maximum atomic E-state index is 13.4. The van der Waals surface area contributed by atoms with Crippen LogP contribution in [0, 0.1) is 5.82 Å². The molecule has 1 amide bonds. The molecule has 4 rings (SSSR count). The first-order valence-electron chi connectivity index (χ1n) is 11.3. The van der Waals surface area contributed by atoms with Gasteiger partial charge in [-0.15, -0.1) is 0 Å². The summed E-state index contributed by atoms with van der Waals surface area (Å²) in [5.74, 6) is 0.654. The molecular formula is C25H32FN5O2. The topological polar surface area (TPSA) is 63.0 Å². The van der Waals surface area contributed by atoms with Gasteiger partial charge in [0.2, 0.25) is 0 Å². The van der Waals surface area contributed by atoms with Crippen LogP contribution in [-0.2, 0) is 10.2 Å². The quantitative estimate of drug-likeness (QED) is 0.553. The molecule has 1 fully saturated rings. The van der Waals surface area contributed by atoms with Crippen LogP contribution < -0.4 is 4.90 Å². The molecule has 0 radical (unpaired) electrons. The van der Waals surface area contributed by atoms with Gasteiger partial charge in [0.05, 0.1) is 11.4 Å². The molecule has 1 aliphatic rings. The number of hydrogen-bond acceptors (Lipinski definition) is 5. The lowest BCUT2D eigenvalue weighted by Gasteiger charge is -2.37. The third-order valence-electron chi connectivity index (χ3n) is 5.57. The van der Waals surface area contributed by atoms with Gasteiger partial charge in [-0.05, 0) is 45.0 Å². The number of carbonyl (C=O) groups excluding carboxylic acids is 1. The molecule has 1 aliphatic heterocycles. The van der Waals surface area contributed by atoms with E-state index in [0.717, 1.165) is 28.4 Å². The predicted octanol–water partition coefficient (Wildman–Crippen LogP) is 4.89. The van der Waals surface area contributed by atoms with Gasteiger partial charge < -0.3 is 14.5 Å². The Morgan fingerprint density at radius 3 is 2.18 bits per heavy atom. The first-order valence-corrected chi connectivity index (χ1v) is 11.3. The molecule has 8 heteroatoms. The largest absolute Gasteiger partial charge is 0.444 e. The molecule has 7 nitrogen and oxygen atoms in total. The zero-order chi connectivity index (χ0) is 24.0. The number of fused-ring (bicyclic) bond motifs is 1. The van der Waals surface area contributed by atoms with E-state index in [1.54, 1.807) is 17.0 Å². The molecule has 176 valence electrons. The number of amides is 1. The van der Waals surface area contributed by atoms with E-state index in [-0.39, 0.29) is 17.3 Å². The lowest BCUT2D eigenvalue weighted by molar-refractivity contribution is 0.0240. The molecule has 0 spiro atoms. The fourth-order valence-corrected chi connectivity index (χ4v) is 3.77. The number of ether oxygens (including phenoxy) is 1. The summed E-state index contributed by atoms with van der Waals surface area (Å²) in [6.07, 6.45) is -0.282. The number of rotatable bonds is 2. The van der Waals surface area contributed by atoms with Crippen LogP contribution in [0.25, 0.3) is 16.9 Å². The van der Waals surface area contributed by atoms with Gasteiger partial charge in [0, 0.05) is 49.3 Å². The number of nitrogens with zero attached hydrogens (tertiary/aromatic N) is 5. The molecule has 0 unspecified atom stereocenters. The zero-order valence-corrected chi connectivity index (χ0v) is 20.2. The van der Waals surface area contributed by atoms with E-state index < -0.39 is 5.60 Å². The van der Waals surface area contributed by atoms with E-state index >= 15 is 0 Å². The summed E-state index contributed by atoms with van der Waals surface area (Å²) in [4.78, 5) is 21.3. The van der Waals surface area contributed by atoms with E-state index in [1.807, 2.05) is 31.4 Å². The Morgan fingerprint density at radius 1 is 0.970 bits per heavy atom. The first-order chi connectivity index (χ1) is 15.4. The Balaban J connectivity index is 1.66. The van der Waals surface area contributed by atoms with Gasteiger partial charge in [-0.3, -0.25) is 0 Å². The molecule has 2 aromatic heterocycles. The fraction of sp³-hybridized carbons (Fsp3) is 0.480. The van der Waals surface area contributed by atoms with Crippen molar-refractivity contribution < 1.29 is 13.9 Å². The summed E-state index contributed by atoms with van der Waals surface area (Å²) >= 11 is 0. The molecule has 3 aromatic rings. The van der Waals surface area contributed by atoms with Crippen molar-refractivity contribution in [3.8, 4) is 11.3 Å². The highest BCUT2D eigenvalue weighted by atomic mass is 19.1. The maximum Gasteiger partial charge on any atom is 0.410 e. The van der Waals surface area contributed by atoms with Gasteiger partial charge >= 0.3 is 6.09 Å². The van der Waals surface area contributed by atoms with Gasteiger partial charge in [0.15, 0.2) is 5.65 Å². The van der Waals surface area contributed by atoms with Crippen LogP contribution >= 0.6 is 0 Å². The summed E-state index contributed by atoms with van der Waals surface area (Å²) in [5.41, 5.74) is 2.62. The van der Waals surface area contributed by atoms with Crippen LogP contribution in [0.5, 0.6) is 0 Å². The first kappa shape index (κ1) is 23.0. The maximum absolute atomic E-state index is 13.4. The molecule has 1 saturated heterocycles. The van der Waals surface area contributed by atoms with Crippen LogP contribution in [0.2, 0.25) is 0 Å².